The first kappa shape index (κ1) is 18.6. The fourth-order valence-electron chi connectivity index (χ4n) is 1.94. The van der Waals surface area contributed by atoms with Crippen molar-refractivity contribution < 1.29 is 9.72 Å². The highest BCUT2D eigenvalue weighted by molar-refractivity contribution is 7.80. The zero-order valence-electron chi connectivity index (χ0n) is 13.2. The Morgan fingerprint density at radius 1 is 1.28 bits per heavy atom. The summed E-state index contributed by atoms with van der Waals surface area (Å²) in [6, 6.07) is 11.4. The van der Waals surface area contributed by atoms with Crippen molar-refractivity contribution in [2.45, 2.75) is 6.92 Å². The van der Waals surface area contributed by atoms with E-state index in [1.165, 1.54) is 18.2 Å². The smallest absolute Gasteiger partial charge is 0.271 e. The Kier molecular flexibility index (Phi) is 6.21. The number of nitro groups is 1. The molecule has 0 aliphatic carbocycles. The molecule has 2 aromatic rings. The van der Waals surface area contributed by atoms with Gasteiger partial charge in [-0.3, -0.25) is 20.2 Å². The molecule has 6 nitrogen and oxygen atoms in total. The molecule has 0 saturated heterocycles. The largest absolute Gasteiger partial charge is 0.332 e. The van der Waals surface area contributed by atoms with Crippen LogP contribution in [0.3, 0.4) is 0 Å². The van der Waals surface area contributed by atoms with Gasteiger partial charge in [0, 0.05) is 28.9 Å². The first-order valence-corrected chi connectivity index (χ1v) is 7.95. The van der Waals surface area contributed by atoms with Gasteiger partial charge >= 0.3 is 0 Å². The maximum Gasteiger partial charge on any atom is 0.271 e. The van der Waals surface area contributed by atoms with Crippen LogP contribution in [0.25, 0.3) is 6.08 Å². The summed E-state index contributed by atoms with van der Waals surface area (Å²) >= 11 is 11.1. The molecule has 0 spiro atoms. The predicted molar refractivity (Wildman–Crippen MR) is 103 cm³/mol. The second-order valence-electron chi connectivity index (χ2n) is 5.05. The van der Waals surface area contributed by atoms with Crippen LogP contribution in [0.5, 0.6) is 0 Å². The Labute approximate surface area is 154 Å². The number of hydrogen-bond donors (Lipinski definition) is 2. The molecule has 0 radical (unpaired) electrons. The fourth-order valence-corrected chi connectivity index (χ4v) is 2.35. The molecule has 2 N–H and O–H groups in total. The Bertz CT molecular complexity index is 868. The second-order valence-corrected chi connectivity index (χ2v) is 5.87. The molecule has 0 atom stereocenters. The van der Waals surface area contributed by atoms with Crippen molar-refractivity contribution in [3.8, 4) is 0 Å². The van der Waals surface area contributed by atoms with E-state index in [4.69, 9.17) is 23.8 Å². The minimum atomic E-state index is -0.501. The molecule has 8 heteroatoms. The molecular formula is C17H14ClN3O3S. The first-order valence-electron chi connectivity index (χ1n) is 7.16. The lowest BCUT2D eigenvalue weighted by Gasteiger charge is -2.10. The van der Waals surface area contributed by atoms with Gasteiger partial charge in [0.05, 0.1) is 4.92 Å². The van der Waals surface area contributed by atoms with Gasteiger partial charge in [-0.2, -0.15) is 0 Å². The maximum atomic E-state index is 11.9. The van der Waals surface area contributed by atoms with Crippen LogP contribution in [-0.2, 0) is 4.79 Å². The molecule has 2 aromatic carbocycles. The first-order chi connectivity index (χ1) is 11.9. The van der Waals surface area contributed by atoms with Gasteiger partial charge in [0.15, 0.2) is 5.11 Å². The molecule has 0 bridgehead atoms. The summed E-state index contributed by atoms with van der Waals surface area (Å²) in [5, 5.41) is 16.7. The standard InChI is InChI=1S/C17H14ClN3O3S/c1-11-6-8-13(21(23)24)10-15(11)19-17(25)20-16(22)9-7-12-4-2-3-5-14(12)18/h2-10H,1H3,(H2,19,20,22,25). The Hall–Kier alpha value is -2.77. The number of hydrogen-bond acceptors (Lipinski definition) is 4. The Morgan fingerprint density at radius 3 is 2.68 bits per heavy atom. The van der Waals surface area contributed by atoms with E-state index in [0.29, 0.717) is 16.3 Å². The number of nitrogens with one attached hydrogen (secondary N) is 2. The lowest BCUT2D eigenvalue weighted by molar-refractivity contribution is -0.384. The van der Waals surface area contributed by atoms with Crippen LogP contribution in [0.1, 0.15) is 11.1 Å². The molecule has 1 amide bonds. The molecule has 0 heterocycles. The highest BCUT2D eigenvalue weighted by Crippen LogP contribution is 2.21. The van der Waals surface area contributed by atoms with Crippen LogP contribution in [0, 0.1) is 17.0 Å². The molecule has 2 rings (SSSR count). The molecule has 0 saturated carbocycles. The van der Waals surface area contributed by atoms with E-state index in [-0.39, 0.29) is 10.8 Å². The number of benzene rings is 2. The van der Waals surface area contributed by atoms with E-state index in [1.54, 1.807) is 43.3 Å². The van der Waals surface area contributed by atoms with Crippen LogP contribution in [0.15, 0.2) is 48.5 Å². The van der Waals surface area contributed by atoms with Gasteiger partial charge < -0.3 is 5.32 Å². The van der Waals surface area contributed by atoms with E-state index in [9.17, 15) is 14.9 Å². The van der Waals surface area contributed by atoms with E-state index in [2.05, 4.69) is 10.6 Å². The summed E-state index contributed by atoms with van der Waals surface area (Å²) in [4.78, 5) is 22.2. The van der Waals surface area contributed by atoms with Gasteiger partial charge in [-0.25, -0.2) is 0 Å². The summed E-state index contributed by atoms with van der Waals surface area (Å²) in [5.74, 6) is -0.444. The number of amides is 1. The van der Waals surface area contributed by atoms with Crippen molar-refractivity contribution in [3.05, 3.63) is 74.8 Å². The van der Waals surface area contributed by atoms with E-state index >= 15 is 0 Å². The lowest BCUT2D eigenvalue weighted by atomic mass is 10.2. The maximum absolute atomic E-state index is 11.9. The Morgan fingerprint density at radius 2 is 2.00 bits per heavy atom. The molecule has 128 valence electrons. The highest BCUT2D eigenvalue weighted by atomic mass is 35.5. The summed E-state index contributed by atoms with van der Waals surface area (Å²) in [6.07, 6.45) is 2.87. The number of carbonyl (C=O) groups is 1. The van der Waals surface area contributed by atoms with Crippen molar-refractivity contribution in [2.24, 2.45) is 0 Å². The van der Waals surface area contributed by atoms with Gasteiger partial charge in [0.2, 0.25) is 5.91 Å². The van der Waals surface area contributed by atoms with Crippen LogP contribution < -0.4 is 10.6 Å². The number of non-ortho nitro benzene ring substituents is 1. The molecular weight excluding hydrogens is 362 g/mol. The van der Waals surface area contributed by atoms with Gasteiger partial charge in [0.1, 0.15) is 0 Å². The topological polar surface area (TPSA) is 84.3 Å². The molecule has 0 aliphatic heterocycles. The van der Waals surface area contributed by atoms with Gasteiger partial charge in [-0.15, -0.1) is 0 Å². The number of anilines is 1. The third-order valence-electron chi connectivity index (χ3n) is 3.24. The van der Waals surface area contributed by atoms with E-state index < -0.39 is 10.8 Å². The highest BCUT2D eigenvalue weighted by Gasteiger charge is 2.10. The Balaban J connectivity index is 2.00. The summed E-state index contributed by atoms with van der Waals surface area (Å²) < 4.78 is 0. The third kappa shape index (κ3) is 5.37. The van der Waals surface area contributed by atoms with E-state index in [1.807, 2.05) is 0 Å². The number of nitrogens with zero attached hydrogens (tertiary/aromatic N) is 1. The monoisotopic (exact) mass is 375 g/mol. The lowest BCUT2D eigenvalue weighted by Crippen LogP contribution is -2.33. The predicted octanol–water partition coefficient (Wildman–Crippen LogP) is 4.08. The second kappa shape index (κ2) is 8.36. The number of nitro benzene ring substituents is 1. The van der Waals surface area contributed by atoms with Crippen molar-refractivity contribution in [1.29, 1.82) is 0 Å². The average Bonchev–Trinajstić information content (AvgIpc) is 2.55. The minimum absolute atomic E-state index is 0.0393. The van der Waals surface area contributed by atoms with E-state index in [0.717, 1.165) is 5.56 Å². The molecule has 0 unspecified atom stereocenters. The van der Waals surface area contributed by atoms with Crippen molar-refractivity contribution in [1.82, 2.24) is 5.32 Å². The summed E-state index contributed by atoms with van der Waals surface area (Å²) in [6.45, 7) is 1.77. The molecule has 0 fully saturated rings. The molecule has 25 heavy (non-hydrogen) atoms. The fraction of sp³-hybridized carbons (Fsp3) is 0.0588. The van der Waals surface area contributed by atoms with Gasteiger partial charge in [-0.1, -0.05) is 35.9 Å². The van der Waals surface area contributed by atoms with Crippen LogP contribution in [-0.4, -0.2) is 15.9 Å². The summed E-state index contributed by atoms with van der Waals surface area (Å²) in [7, 11) is 0. The van der Waals surface area contributed by atoms with Crippen LogP contribution >= 0.6 is 23.8 Å². The van der Waals surface area contributed by atoms with Crippen LogP contribution in [0.4, 0.5) is 11.4 Å². The number of thiocarbonyl (C=S) groups is 1. The third-order valence-corrected chi connectivity index (χ3v) is 3.78. The number of aryl methyl sites for hydroxylation is 1. The quantitative estimate of drug-likeness (QED) is 0.364. The van der Waals surface area contributed by atoms with Crippen molar-refractivity contribution >= 4 is 52.3 Å². The van der Waals surface area contributed by atoms with Crippen molar-refractivity contribution in [3.63, 3.8) is 0 Å². The number of halogens is 1. The van der Waals surface area contributed by atoms with Gasteiger partial charge in [-0.05, 0) is 42.4 Å². The summed E-state index contributed by atoms with van der Waals surface area (Å²) in [5.41, 5.74) is 1.84. The zero-order chi connectivity index (χ0) is 18.4. The van der Waals surface area contributed by atoms with Crippen molar-refractivity contribution in [2.75, 3.05) is 5.32 Å². The van der Waals surface area contributed by atoms with Gasteiger partial charge in [0.25, 0.3) is 5.69 Å². The minimum Gasteiger partial charge on any atom is -0.332 e. The number of carbonyl (C=O) groups excluding carboxylic acids is 1. The molecule has 0 aliphatic rings. The number of rotatable bonds is 4. The molecule has 0 aromatic heterocycles. The normalized spacial score (nSPS) is 10.5. The van der Waals surface area contributed by atoms with Crippen LogP contribution in [0.2, 0.25) is 5.02 Å². The zero-order valence-corrected chi connectivity index (χ0v) is 14.7. The SMILES string of the molecule is Cc1ccc([N+](=O)[O-])cc1NC(=S)NC(=O)C=Cc1ccccc1Cl. The average molecular weight is 376 g/mol.